The highest BCUT2D eigenvalue weighted by molar-refractivity contribution is 7.13. The van der Waals surface area contributed by atoms with Gasteiger partial charge in [-0.1, -0.05) is 6.92 Å². The van der Waals surface area contributed by atoms with Crippen LogP contribution in [0.25, 0.3) is 0 Å². The molecule has 18 heavy (non-hydrogen) atoms. The molecule has 0 aliphatic carbocycles. The number of nitrogen functional groups attached to an aromatic ring is 1. The Morgan fingerprint density at radius 1 is 1.33 bits per heavy atom. The van der Waals surface area contributed by atoms with Gasteiger partial charge in [0.2, 0.25) is 0 Å². The Kier molecular flexibility index (Phi) is 4.31. The number of likely N-dealkylation sites (N-methyl/N-ethyl adjacent to an activating group) is 1. The van der Waals surface area contributed by atoms with E-state index < -0.39 is 0 Å². The second kappa shape index (κ2) is 5.77. The van der Waals surface area contributed by atoms with Gasteiger partial charge in [0.25, 0.3) is 0 Å². The van der Waals surface area contributed by atoms with Crippen LogP contribution in [0, 0.1) is 12.3 Å². The molecule has 6 heteroatoms. The fourth-order valence-corrected chi connectivity index (χ4v) is 3.19. The topological polar surface area (TPSA) is 69.2 Å². The average molecular weight is 267 g/mol. The lowest BCUT2D eigenvalue weighted by Gasteiger charge is -2.33. The Morgan fingerprint density at radius 3 is 2.44 bits per heavy atom. The van der Waals surface area contributed by atoms with E-state index in [4.69, 9.17) is 11.1 Å². The molecule has 3 N–H and O–H groups in total. The summed E-state index contributed by atoms with van der Waals surface area (Å²) in [6.07, 6.45) is 0. The first-order valence-electron chi connectivity index (χ1n) is 6.35. The first-order valence-corrected chi connectivity index (χ1v) is 7.17. The minimum atomic E-state index is 0.132. The van der Waals surface area contributed by atoms with Crippen molar-refractivity contribution in [2.24, 2.45) is 5.73 Å². The molecule has 0 aromatic carbocycles. The lowest BCUT2D eigenvalue weighted by Crippen LogP contribution is -2.45. The number of aryl methyl sites for hydroxylation is 1. The number of nitrogens with zero attached hydrogens (tertiary/aromatic N) is 3. The van der Waals surface area contributed by atoms with E-state index in [0.717, 1.165) is 54.8 Å². The fraction of sp³-hybridized carbons (Fsp3) is 0.667. The Balaban J connectivity index is 1.94. The molecule has 1 aliphatic heterocycles. The van der Waals surface area contributed by atoms with E-state index in [-0.39, 0.29) is 5.84 Å². The molecule has 1 aliphatic rings. The molecule has 5 nitrogen and oxygen atoms in total. The molecular weight excluding hydrogens is 246 g/mol. The van der Waals surface area contributed by atoms with Gasteiger partial charge in [-0.2, -0.15) is 0 Å². The molecule has 0 radical (unpaired) electrons. The van der Waals surface area contributed by atoms with Gasteiger partial charge in [-0.25, -0.2) is 4.98 Å². The summed E-state index contributed by atoms with van der Waals surface area (Å²) in [4.78, 5) is 10.2. The summed E-state index contributed by atoms with van der Waals surface area (Å²) in [7, 11) is 0. The lowest BCUT2D eigenvalue weighted by atomic mass is 10.3. The van der Waals surface area contributed by atoms with Crippen molar-refractivity contribution < 1.29 is 0 Å². The van der Waals surface area contributed by atoms with Gasteiger partial charge >= 0.3 is 0 Å². The van der Waals surface area contributed by atoms with Gasteiger partial charge in [-0.15, -0.1) is 11.3 Å². The predicted octanol–water partition coefficient (Wildman–Crippen LogP) is 0.873. The van der Waals surface area contributed by atoms with Gasteiger partial charge in [-0.05, 0) is 13.5 Å². The van der Waals surface area contributed by atoms with Crippen molar-refractivity contribution in [3.8, 4) is 0 Å². The maximum atomic E-state index is 7.49. The van der Waals surface area contributed by atoms with Crippen LogP contribution in [-0.4, -0.2) is 53.3 Å². The van der Waals surface area contributed by atoms with Crippen LogP contribution in [-0.2, 0) is 6.54 Å². The van der Waals surface area contributed by atoms with E-state index in [2.05, 4.69) is 21.7 Å². The summed E-state index contributed by atoms with van der Waals surface area (Å²) in [6.45, 7) is 10.6. The van der Waals surface area contributed by atoms with E-state index in [1.54, 1.807) is 11.3 Å². The molecule has 2 heterocycles. The third kappa shape index (κ3) is 3.07. The largest absolute Gasteiger partial charge is 0.383 e. The second-order valence-electron chi connectivity index (χ2n) is 4.65. The van der Waals surface area contributed by atoms with Crippen molar-refractivity contribution in [2.75, 3.05) is 32.7 Å². The minimum absolute atomic E-state index is 0.132. The number of thiazole rings is 1. The summed E-state index contributed by atoms with van der Waals surface area (Å²) in [5.41, 5.74) is 6.41. The van der Waals surface area contributed by atoms with Crippen molar-refractivity contribution >= 4 is 17.2 Å². The number of piperazine rings is 1. The number of nitrogens with one attached hydrogen (secondary N) is 1. The normalized spacial score (nSPS) is 18.1. The molecule has 0 saturated carbocycles. The van der Waals surface area contributed by atoms with E-state index in [1.807, 2.05) is 6.92 Å². The van der Waals surface area contributed by atoms with Gasteiger partial charge in [0, 0.05) is 26.2 Å². The van der Waals surface area contributed by atoms with Gasteiger partial charge in [0.05, 0.1) is 17.1 Å². The van der Waals surface area contributed by atoms with Crippen molar-refractivity contribution in [1.82, 2.24) is 14.8 Å². The van der Waals surface area contributed by atoms with Crippen LogP contribution < -0.4 is 5.73 Å². The number of aromatic nitrogens is 1. The van der Waals surface area contributed by atoms with E-state index in [9.17, 15) is 0 Å². The van der Waals surface area contributed by atoms with E-state index in [0.29, 0.717) is 0 Å². The van der Waals surface area contributed by atoms with Crippen molar-refractivity contribution in [2.45, 2.75) is 20.4 Å². The van der Waals surface area contributed by atoms with Crippen molar-refractivity contribution in [3.63, 3.8) is 0 Å². The van der Waals surface area contributed by atoms with Crippen molar-refractivity contribution in [1.29, 1.82) is 5.41 Å². The Bertz CT molecular complexity index is 420. The zero-order valence-corrected chi connectivity index (χ0v) is 11.9. The second-order valence-corrected chi connectivity index (χ2v) is 5.73. The molecule has 100 valence electrons. The Hall–Kier alpha value is -0.980. The standard InChI is InChI=1S/C12H21N5S/c1-3-16-4-6-17(7-5-16)8-10-15-9(2)11(18-10)12(13)14/h3-8H2,1-2H3,(H3,13,14). The van der Waals surface area contributed by atoms with Crippen LogP contribution >= 0.6 is 11.3 Å². The van der Waals surface area contributed by atoms with E-state index >= 15 is 0 Å². The third-order valence-electron chi connectivity index (χ3n) is 3.36. The number of rotatable bonds is 4. The number of hydrogen-bond donors (Lipinski definition) is 2. The van der Waals surface area contributed by atoms with Crippen LogP contribution in [0.2, 0.25) is 0 Å². The molecule has 2 rings (SSSR count). The number of hydrogen-bond acceptors (Lipinski definition) is 5. The van der Waals surface area contributed by atoms with Crippen LogP contribution in [0.4, 0.5) is 0 Å². The lowest BCUT2D eigenvalue weighted by molar-refractivity contribution is 0.132. The van der Waals surface area contributed by atoms with Crippen molar-refractivity contribution in [3.05, 3.63) is 15.6 Å². The fourth-order valence-electron chi connectivity index (χ4n) is 2.22. The molecule has 0 unspecified atom stereocenters. The molecule has 0 atom stereocenters. The minimum Gasteiger partial charge on any atom is -0.383 e. The molecule has 0 spiro atoms. The van der Waals surface area contributed by atoms with Crippen LogP contribution in [0.3, 0.4) is 0 Å². The number of amidine groups is 1. The zero-order valence-electron chi connectivity index (χ0n) is 11.1. The van der Waals surface area contributed by atoms with Crippen LogP contribution in [0.15, 0.2) is 0 Å². The summed E-state index contributed by atoms with van der Waals surface area (Å²) in [5.74, 6) is 0.132. The summed E-state index contributed by atoms with van der Waals surface area (Å²) in [5, 5.41) is 8.56. The van der Waals surface area contributed by atoms with Gasteiger partial charge in [0.15, 0.2) is 0 Å². The molecule has 1 fully saturated rings. The highest BCUT2D eigenvalue weighted by Crippen LogP contribution is 2.19. The third-order valence-corrected chi connectivity index (χ3v) is 4.53. The molecule has 1 aromatic heterocycles. The molecule has 0 amide bonds. The highest BCUT2D eigenvalue weighted by atomic mass is 32.1. The first-order chi connectivity index (χ1) is 8.60. The number of nitrogens with two attached hydrogens (primary N) is 1. The zero-order chi connectivity index (χ0) is 13.1. The first kappa shape index (κ1) is 13.5. The molecular formula is C12H21N5S. The van der Waals surface area contributed by atoms with Gasteiger partial charge < -0.3 is 10.6 Å². The molecule has 1 aromatic rings. The maximum absolute atomic E-state index is 7.49. The van der Waals surface area contributed by atoms with Crippen LogP contribution in [0.1, 0.15) is 22.5 Å². The SMILES string of the molecule is CCN1CCN(Cc2nc(C)c(C(=N)N)s2)CC1. The summed E-state index contributed by atoms with van der Waals surface area (Å²) >= 11 is 1.55. The Morgan fingerprint density at radius 2 is 1.94 bits per heavy atom. The van der Waals surface area contributed by atoms with Gasteiger partial charge in [0.1, 0.15) is 10.8 Å². The summed E-state index contributed by atoms with van der Waals surface area (Å²) < 4.78 is 0. The quantitative estimate of drug-likeness (QED) is 0.627. The van der Waals surface area contributed by atoms with Gasteiger partial charge in [-0.3, -0.25) is 10.3 Å². The average Bonchev–Trinajstić information content (AvgIpc) is 2.71. The van der Waals surface area contributed by atoms with E-state index in [1.165, 1.54) is 0 Å². The summed E-state index contributed by atoms with van der Waals surface area (Å²) in [6, 6.07) is 0. The maximum Gasteiger partial charge on any atom is 0.135 e. The smallest absolute Gasteiger partial charge is 0.135 e. The Labute approximate surface area is 112 Å². The molecule has 1 saturated heterocycles. The monoisotopic (exact) mass is 267 g/mol. The van der Waals surface area contributed by atoms with Crippen LogP contribution in [0.5, 0.6) is 0 Å². The highest BCUT2D eigenvalue weighted by Gasteiger charge is 2.18. The predicted molar refractivity (Wildman–Crippen MR) is 75.3 cm³/mol. The molecule has 0 bridgehead atoms.